The lowest BCUT2D eigenvalue weighted by Crippen LogP contribution is -2.54. The Morgan fingerprint density at radius 2 is 2.12 bits per heavy atom. The van der Waals surface area contributed by atoms with E-state index >= 15 is 0 Å². The van der Waals surface area contributed by atoms with E-state index in [9.17, 15) is 8.42 Å². The van der Waals surface area contributed by atoms with Gasteiger partial charge in [0.05, 0.1) is 16.7 Å². The van der Waals surface area contributed by atoms with E-state index in [0.717, 1.165) is 29.7 Å². The summed E-state index contributed by atoms with van der Waals surface area (Å²) in [5, 5.41) is 9.51. The number of hydrogen-bond donors (Lipinski definition) is 2. The van der Waals surface area contributed by atoms with Crippen LogP contribution in [0.2, 0.25) is 0 Å². The van der Waals surface area contributed by atoms with Crippen molar-refractivity contribution >= 4 is 26.9 Å². The van der Waals surface area contributed by atoms with Gasteiger partial charge in [0.15, 0.2) is 0 Å². The third kappa shape index (κ3) is 3.04. The van der Waals surface area contributed by atoms with E-state index in [1.165, 1.54) is 6.33 Å². The summed E-state index contributed by atoms with van der Waals surface area (Å²) in [5.74, 6) is 0.730. The Morgan fingerprint density at radius 1 is 1.31 bits per heavy atom. The number of rotatable bonds is 5. The standard InChI is InChI=1S/C17H22N6O2S/c1-23(17-15-4-5-19-16(15)20-10-21-17)13-7-12(8-13)22-26(24,25)14-3-2-11(6-14)9-18/h4-5,10-14,22H,2-3,6-8H2,1H3,(H,19,20,21)/t11-,12-,13+,14-/m0/s1. The fourth-order valence-electron chi connectivity index (χ4n) is 3.98. The van der Waals surface area contributed by atoms with Crippen molar-refractivity contribution in [1.82, 2.24) is 19.7 Å². The van der Waals surface area contributed by atoms with Crippen molar-refractivity contribution in [2.75, 3.05) is 11.9 Å². The lowest BCUT2D eigenvalue weighted by Gasteiger charge is -2.42. The second-order valence-corrected chi connectivity index (χ2v) is 9.29. The summed E-state index contributed by atoms with van der Waals surface area (Å²) in [4.78, 5) is 13.8. The number of hydrogen-bond acceptors (Lipinski definition) is 6. The number of nitrogens with zero attached hydrogens (tertiary/aromatic N) is 4. The second kappa shape index (κ2) is 6.52. The zero-order valence-electron chi connectivity index (χ0n) is 14.6. The highest BCUT2D eigenvalue weighted by molar-refractivity contribution is 7.90. The molecule has 2 heterocycles. The predicted molar refractivity (Wildman–Crippen MR) is 97.9 cm³/mol. The summed E-state index contributed by atoms with van der Waals surface area (Å²) in [6, 6.07) is 4.33. The van der Waals surface area contributed by atoms with Crippen LogP contribution in [0.25, 0.3) is 11.0 Å². The first-order chi connectivity index (χ1) is 12.5. The summed E-state index contributed by atoms with van der Waals surface area (Å²) >= 11 is 0. The highest BCUT2D eigenvalue weighted by Crippen LogP contribution is 2.34. The summed E-state index contributed by atoms with van der Waals surface area (Å²) < 4.78 is 27.9. The molecule has 2 fully saturated rings. The highest BCUT2D eigenvalue weighted by atomic mass is 32.2. The second-order valence-electron chi connectivity index (χ2n) is 7.29. The van der Waals surface area contributed by atoms with E-state index in [0.29, 0.717) is 19.3 Å². The number of H-pyrrole nitrogens is 1. The molecular formula is C17H22N6O2S. The molecule has 0 unspecified atom stereocenters. The van der Waals surface area contributed by atoms with Crippen LogP contribution in [0.4, 0.5) is 5.82 Å². The number of aromatic amines is 1. The largest absolute Gasteiger partial charge is 0.356 e. The van der Waals surface area contributed by atoms with Gasteiger partial charge in [-0.25, -0.2) is 23.1 Å². The number of nitrogens with one attached hydrogen (secondary N) is 2. The fraction of sp³-hybridized carbons (Fsp3) is 0.588. The SMILES string of the molecule is CN(c1ncnc2[nH]ccc12)[C@H]1C[C@@H](NS(=O)(=O)[C@H]2CC[C@H](C#N)C2)C1. The van der Waals surface area contributed by atoms with Crippen molar-refractivity contribution in [2.45, 2.75) is 49.4 Å². The molecule has 0 aromatic carbocycles. The molecule has 0 saturated heterocycles. The van der Waals surface area contributed by atoms with Gasteiger partial charge in [0.25, 0.3) is 0 Å². The van der Waals surface area contributed by atoms with Crippen molar-refractivity contribution in [3.63, 3.8) is 0 Å². The van der Waals surface area contributed by atoms with Crippen molar-refractivity contribution in [2.24, 2.45) is 5.92 Å². The van der Waals surface area contributed by atoms with E-state index in [2.05, 4.69) is 30.6 Å². The molecule has 4 rings (SSSR count). The third-order valence-corrected chi connectivity index (χ3v) is 7.63. The molecule has 2 N–H and O–H groups in total. The van der Waals surface area contributed by atoms with Crippen LogP contribution < -0.4 is 9.62 Å². The lowest BCUT2D eigenvalue weighted by atomic mass is 9.86. The minimum atomic E-state index is -3.35. The van der Waals surface area contributed by atoms with Gasteiger partial charge in [-0.3, -0.25) is 0 Å². The van der Waals surface area contributed by atoms with Crippen molar-refractivity contribution < 1.29 is 8.42 Å². The molecule has 2 aliphatic rings. The monoisotopic (exact) mass is 374 g/mol. The van der Waals surface area contributed by atoms with Crippen LogP contribution in [0.15, 0.2) is 18.6 Å². The van der Waals surface area contributed by atoms with Gasteiger partial charge in [0, 0.05) is 31.2 Å². The van der Waals surface area contributed by atoms with Crippen LogP contribution in [-0.4, -0.2) is 47.8 Å². The molecule has 0 amide bonds. The molecule has 2 aromatic heterocycles. The molecule has 2 aliphatic carbocycles. The molecule has 0 aliphatic heterocycles. The first-order valence-electron chi connectivity index (χ1n) is 8.89. The minimum Gasteiger partial charge on any atom is -0.356 e. The number of nitriles is 1. The smallest absolute Gasteiger partial charge is 0.214 e. The average Bonchev–Trinajstić information content (AvgIpc) is 3.25. The Morgan fingerprint density at radius 3 is 2.85 bits per heavy atom. The Kier molecular flexibility index (Phi) is 4.32. The molecule has 0 spiro atoms. The normalized spacial score (nSPS) is 28.6. The van der Waals surface area contributed by atoms with E-state index in [1.807, 2.05) is 19.3 Å². The Balaban J connectivity index is 1.37. The molecule has 138 valence electrons. The average molecular weight is 374 g/mol. The van der Waals surface area contributed by atoms with Crippen molar-refractivity contribution in [3.05, 3.63) is 18.6 Å². The summed E-state index contributed by atoms with van der Waals surface area (Å²) in [5.41, 5.74) is 0.798. The van der Waals surface area contributed by atoms with Crippen molar-refractivity contribution in [3.8, 4) is 6.07 Å². The van der Waals surface area contributed by atoms with Gasteiger partial charge >= 0.3 is 0 Å². The molecule has 2 saturated carbocycles. The first kappa shape index (κ1) is 17.2. The molecule has 2 atom stereocenters. The minimum absolute atomic E-state index is 0.0443. The van der Waals surface area contributed by atoms with Gasteiger partial charge in [-0.05, 0) is 38.2 Å². The van der Waals surface area contributed by atoms with Crippen LogP contribution in [0.3, 0.4) is 0 Å². The Bertz CT molecular complexity index is 944. The van der Waals surface area contributed by atoms with Crippen LogP contribution in [0.1, 0.15) is 32.1 Å². The third-order valence-electron chi connectivity index (χ3n) is 5.66. The summed E-state index contributed by atoms with van der Waals surface area (Å²) in [6.45, 7) is 0. The Labute approximate surface area is 152 Å². The highest BCUT2D eigenvalue weighted by Gasteiger charge is 2.40. The maximum atomic E-state index is 12.5. The number of aromatic nitrogens is 3. The number of sulfonamides is 1. The Hall–Kier alpha value is -2.18. The molecular weight excluding hydrogens is 352 g/mol. The summed E-state index contributed by atoms with van der Waals surface area (Å²) in [7, 11) is -1.37. The van der Waals surface area contributed by atoms with E-state index in [4.69, 9.17) is 5.26 Å². The van der Waals surface area contributed by atoms with Crippen LogP contribution >= 0.6 is 0 Å². The van der Waals surface area contributed by atoms with E-state index < -0.39 is 15.3 Å². The first-order valence-corrected chi connectivity index (χ1v) is 10.4. The quantitative estimate of drug-likeness (QED) is 0.820. The van der Waals surface area contributed by atoms with Crippen molar-refractivity contribution in [1.29, 1.82) is 5.26 Å². The summed E-state index contributed by atoms with van der Waals surface area (Å²) in [6.07, 6.45) is 6.59. The topological polar surface area (TPSA) is 115 Å². The lowest BCUT2D eigenvalue weighted by molar-refractivity contribution is 0.315. The van der Waals surface area contributed by atoms with Gasteiger partial charge in [-0.1, -0.05) is 0 Å². The fourth-order valence-corrected chi connectivity index (χ4v) is 5.76. The van der Waals surface area contributed by atoms with Gasteiger partial charge in [-0.2, -0.15) is 5.26 Å². The molecule has 8 nitrogen and oxygen atoms in total. The molecule has 2 aromatic rings. The number of anilines is 1. The van der Waals surface area contributed by atoms with E-state index in [1.54, 1.807) is 0 Å². The van der Waals surface area contributed by atoms with Crippen LogP contribution in [0, 0.1) is 17.2 Å². The van der Waals surface area contributed by atoms with Gasteiger partial charge < -0.3 is 9.88 Å². The zero-order chi connectivity index (χ0) is 18.3. The molecule has 26 heavy (non-hydrogen) atoms. The predicted octanol–water partition coefficient (Wildman–Crippen LogP) is 1.54. The van der Waals surface area contributed by atoms with Gasteiger partial charge in [-0.15, -0.1) is 0 Å². The maximum Gasteiger partial charge on any atom is 0.214 e. The van der Waals surface area contributed by atoms with Gasteiger partial charge in [0.1, 0.15) is 17.8 Å². The zero-order valence-corrected chi connectivity index (χ0v) is 15.4. The van der Waals surface area contributed by atoms with Gasteiger partial charge in [0.2, 0.25) is 10.0 Å². The maximum absolute atomic E-state index is 12.5. The molecule has 0 bridgehead atoms. The van der Waals surface area contributed by atoms with Crippen LogP contribution in [-0.2, 0) is 10.0 Å². The molecule has 0 radical (unpaired) electrons. The van der Waals surface area contributed by atoms with Crippen LogP contribution in [0.5, 0.6) is 0 Å². The number of fused-ring (bicyclic) bond motifs is 1. The van der Waals surface area contributed by atoms with E-state index in [-0.39, 0.29) is 18.0 Å². The molecule has 9 heteroatoms.